The molecule has 0 aliphatic carbocycles. The smallest absolute Gasteiger partial charge is 0.305 e. The zero-order valence-corrected chi connectivity index (χ0v) is 41.9. The van der Waals surface area contributed by atoms with Crippen molar-refractivity contribution in [2.75, 3.05) is 13.2 Å². The number of allylic oxidation sites excluding steroid dienone is 2. The summed E-state index contributed by atoms with van der Waals surface area (Å²) in [6.45, 7) is 4.89. The molecule has 0 rings (SSSR count). The number of ether oxygens (including phenoxy) is 1. The van der Waals surface area contributed by atoms with E-state index in [4.69, 9.17) is 4.74 Å². The molecule has 0 heterocycles. The summed E-state index contributed by atoms with van der Waals surface area (Å²) in [6.07, 6.45) is 60.5. The minimum Gasteiger partial charge on any atom is -0.466 e. The third-order valence-electron chi connectivity index (χ3n) is 13.1. The van der Waals surface area contributed by atoms with Gasteiger partial charge >= 0.3 is 5.97 Å². The molecule has 0 aromatic heterocycles. The zero-order valence-electron chi connectivity index (χ0n) is 41.9. The maximum absolute atomic E-state index is 12.5. The third-order valence-corrected chi connectivity index (χ3v) is 13.1. The molecule has 0 radical (unpaired) electrons. The van der Waals surface area contributed by atoms with Crippen molar-refractivity contribution in [3.8, 4) is 0 Å². The van der Waals surface area contributed by atoms with Crippen LogP contribution >= 0.6 is 0 Å². The monoisotopic (exact) mass is 876 g/mol. The van der Waals surface area contributed by atoms with E-state index in [-0.39, 0.29) is 18.5 Å². The van der Waals surface area contributed by atoms with Gasteiger partial charge in [-0.25, -0.2) is 0 Å². The van der Waals surface area contributed by atoms with Crippen LogP contribution in [0, 0.1) is 0 Å². The highest BCUT2D eigenvalue weighted by atomic mass is 16.5. The number of aliphatic hydroxyl groups excluding tert-OH is 2. The minimum absolute atomic E-state index is 0.0278. The van der Waals surface area contributed by atoms with Gasteiger partial charge in [-0.15, -0.1) is 0 Å². The van der Waals surface area contributed by atoms with Crippen molar-refractivity contribution >= 4 is 11.9 Å². The van der Waals surface area contributed by atoms with E-state index in [1.165, 1.54) is 218 Å². The fraction of sp³-hybridized carbons (Fsp3) is 0.929. The highest BCUT2D eigenvalue weighted by Gasteiger charge is 2.20. The topological polar surface area (TPSA) is 95.9 Å². The van der Waals surface area contributed by atoms with Gasteiger partial charge < -0.3 is 20.3 Å². The highest BCUT2D eigenvalue weighted by Crippen LogP contribution is 2.17. The second-order valence-corrected chi connectivity index (χ2v) is 19.3. The van der Waals surface area contributed by atoms with Crippen molar-refractivity contribution < 1.29 is 24.5 Å². The number of rotatable bonds is 52. The average Bonchev–Trinajstić information content (AvgIpc) is 3.27. The first kappa shape index (κ1) is 60.6. The Labute approximate surface area is 387 Å². The lowest BCUT2D eigenvalue weighted by Gasteiger charge is -2.22. The van der Waals surface area contributed by atoms with Gasteiger partial charge in [-0.2, -0.15) is 0 Å². The lowest BCUT2D eigenvalue weighted by molar-refractivity contribution is -0.143. The maximum Gasteiger partial charge on any atom is 0.305 e. The number of unbranched alkanes of at least 4 members (excludes halogenated alkanes) is 39. The SMILES string of the molecule is CCCCC/C=C\CCCCCCCC(=O)OCCCCCCCCCCCCC(=O)NC(CO)C(O)CCCCCCCCCCCCCCCCCCCCCCCCC. The van der Waals surface area contributed by atoms with E-state index >= 15 is 0 Å². The van der Waals surface area contributed by atoms with E-state index in [2.05, 4.69) is 31.3 Å². The predicted octanol–water partition coefficient (Wildman–Crippen LogP) is 16.9. The number of amides is 1. The van der Waals surface area contributed by atoms with Crippen LogP contribution in [0.15, 0.2) is 12.2 Å². The molecular formula is C56H109NO5. The van der Waals surface area contributed by atoms with Crippen LogP contribution in [0.4, 0.5) is 0 Å². The second-order valence-electron chi connectivity index (χ2n) is 19.3. The molecular weight excluding hydrogens is 767 g/mol. The molecule has 6 nitrogen and oxygen atoms in total. The molecule has 0 aromatic carbocycles. The Bertz CT molecular complexity index is 924. The third kappa shape index (κ3) is 48.1. The Balaban J connectivity index is 3.47. The summed E-state index contributed by atoms with van der Waals surface area (Å²) in [6, 6.07) is -0.559. The Kier molecular flexibility index (Phi) is 51.0. The van der Waals surface area contributed by atoms with E-state index in [0.29, 0.717) is 25.9 Å². The second kappa shape index (κ2) is 52.2. The average molecular weight is 876 g/mol. The van der Waals surface area contributed by atoms with Gasteiger partial charge in [0.15, 0.2) is 0 Å². The maximum atomic E-state index is 12.5. The van der Waals surface area contributed by atoms with E-state index < -0.39 is 12.1 Å². The van der Waals surface area contributed by atoms with Gasteiger partial charge in [-0.1, -0.05) is 257 Å². The van der Waals surface area contributed by atoms with Crippen LogP contribution in [0.5, 0.6) is 0 Å². The van der Waals surface area contributed by atoms with Crippen LogP contribution in [0.3, 0.4) is 0 Å². The molecule has 0 fully saturated rings. The lowest BCUT2D eigenvalue weighted by Crippen LogP contribution is -2.45. The van der Waals surface area contributed by atoms with Crippen LogP contribution < -0.4 is 5.32 Å². The molecule has 2 atom stereocenters. The number of esters is 1. The van der Waals surface area contributed by atoms with E-state index in [1.54, 1.807) is 0 Å². The number of carbonyl (C=O) groups excluding carboxylic acids is 2. The molecule has 2 unspecified atom stereocenters. The molecule has 0 aromatic rings. The van der Waals surface area contributed by atoms with Crippen molar-refractivity contribution in [1.82, 2.24) is 5.32 Å². The normalized spacial score (nSPS) is 12.6. The van der Waals surface area contributed by atoms with Gasteiger partial charge in [-0.3, -0.25) is 9.59 Å². The molecule has 0 saturated carbocycles. The molecule has 368 valence electrons. The van der Waals surface area contributed by atoms with Crippen LogP contribution in [-0.2, 0) is 14.3 Å². The molecule has 0 bridgehead atoms. The first-order chi connectivity index (χ1) is 30.5. The molecule has 0 aliphatic rings. The van der Waals surface area contributed by atoms with Gasteiger partial charge in [0.05, 0.1) is 25.4 Å². The highest BCUT2D eigenvalue weighted by molar-refractivity contribution is 5.76. The Hall–Kier alpha value is -1.40. The van der Waals surface area contributed by atoms with E-state index in [1.807, 2.05) is 0 Å². The van der Waals surface area contributed by atoms with Crippen LogP contribution in [-0.4, -0.2) is 47.4 Å². The fourth-order valence-corrected chi connectivity index (χ4v) is 8.75. The van der Waals surface area contributed by atoms with Gasteiger partial charge in [0, 0.05) is 12.8 Å². The Morgan fingerprint density at radius 2 is 0.758 bits per heavy atom. The largest absolute Gasteiger partial charge is 0.466 e. The summed E-state index contributed by atoms with van der Waals surface area (Å²) in [5, 5.41) is 23.3. The zero-order chi connectivity index (χ0) is 45.1. The van der Waals surface area contributed by atoms with E-state index in [9.17, 15) is 19.8 Å². The summed E-state index contributed by atoms with van der Waals surface area (Å²) >= 11 is 0. The van der Waals surface area contributed by atoms with Crippen molar-refractivity contribution in [1.29, 1.82) is 0 Å². The van der Waals surface area contributed by atoms with Gasteiger partial charge in [0.2, 0.25) is 5.91 Å². The number of nitrogens with one attached hydrogen (secondary N) is 1. The number of hydrogen-bond donors (Lipinski definition) is 3. The van der Waals surface area contributed by atoms with Crippen LogP contribution in [0.2, 0.25) is 0 Å². The molecule has 6 heteroatoms. The summed E-state index contributed by atoms with van der Waals surface area (Å²) in [5.74, 6) is -0.0829. The van der Waals surface area contributed by atoms with Crippen molar-refractivity contribution in [2.45, 2.75) is 321 Å². The number of carbonyl (C=O) groups is 2. The summed E-state index contributed by atoms with van der Waals surface area (Å²) in [4.78, 5) is 24.5. The molecule has 0 spiro atoms. The van der Waals surface area contributed by atoms with Crippen LogP contribution in [0.1, 0.15) is 309 Å². The Morgan fingerprint density at radius 3 is 1.18 bits per heavy atom. The van der Waals surface area contributed by atoms with Crippen molar-refractivity contribution in [2.24, 2.45) is 0 Å². The number of hydrogen-bond acceptors (Lipinski definition) is 5. The van der Waals surface area contributed by atoms with E-state index in [0.717, 1.165) is 57.8 Å². The van der Waals surface area contributed by atoms with Crippen molar-refractivity contribution in [3.05, 3.63) is 12.2 Å². The van der Waals surface area contributed by atoms with Gasteiger partial charge in [-0.05, 0) is 51.4 Å². The molecule has 62 heavy (non-hydrogen) atoms. The quantitative estimate of drug-likeness (QED) is 0.0321. The molecule has 1 amide bonds. The first-order valence-electron chi connectivity index (χ1n) is 27.9. The van der Waals surface area contributed by atoms with Crippen molar-refractivity contribution in [3.63, 3.8) is 0 Å². The standard InChI is InChI=1S/C56H109NO5/c1-3-5-7-9-11-13-15-17-18-19-20-21-22-23-24-25-26-27-28-32-36-40-44-48-54(59)53(52-58)57-55(60)49-45-41-37-33-30-31-35-39-43-47-51-62-56(61)50-46-42-38-34-29-16-14-12-10-8-6-4-2/h12,14,53-54,58-59H,3-11,13,15-52H2,1-2H3,(H,57,60)/b14-12-. The fourth-order valence-electron chi connectivity index (χ4n) is 8.75. The van der Waals surface area contributed by atoms with Gasteiger partial charge in [0.25, 0.3) is 0 Å². The van der Waals surface area contributed by atoms with Gasteiger partial charge in [0.1, 0.15) is 0 Å². The van der Waals surface area contributed by atoms with Crippen LogP contribution in [0.25, 0.3) is 0 Å². The summed E-state index contributed by atoms with van der Waals surface area (Å²) in [5.41, 5.74) is 0. The molecule has 0 saturated heterocycles. The summed E-state index contributed by atoms with van der Waals surface area (Å²) in [7, 11) is 0. The Morgan fingerprint density at radius 1 is 0.435 bits per heavy atom. The number of aliphatic hydroxyl groups is 2. The molecule has 3 N–H and O–H groups in total. The predicted molar refractivity (Wildman–Crippen MR) is 269 cm³/mol. The minimum atomic E-state index is -0.679. The summed E-state index contributed by atoms with van der Waals surface area (Å²) < 4.78 is 5.44. The lowest BCUT2D eigenvalue weighted by atomic mass is 10.0. The molecule has 0 aliphatic heterocycles. The first-order valence-corrected chi connectivity index (χ1v) is 27.9.